The fraction of sp³-hybridized carbons (Fsp3) is 1.00. The van der Waals surface area contributed by atoms with Gasteiger partial charge >= 0.3 is 0 Å². The molecule has 0 aliphatic heterocycles. The predicted molar refractivity (Wildman–Crippen MR) is 131 cm³/mol. The van der Waals surface area contributed by atoms with Gasteiger partial charge in [-0.25, -0.2) is 0 Å². The SMILES string of the molecule is CCCCCCCCCCCCC(C)(C)C(CCCCCC)CCCCCC. The molecule has 0 aliphatic carbocycles. The van der Waals surface area contributed by atoms with E-state index in [0.717, 1.165) is 5.92 Å². The van der Waals surface area contributed by atoms with Gasteiger partial charge in [0, 0.05) is 0 Å². The van der Waals surface area contributed by atoms with Crippen molar-refractivity contribution in [1.29, 1.82) is 0 Å². The molecule has 0 atom stereocenters. The van der Waals surface area contributed by atoms with E-state index >= 15 is 0 Å². The molecule has 0 unspecified atom stereocenters. The normalized spacial score (nSPS) is 12.2. The van der Waals surface area contributed by atoms with E-state index in [1.807, 2.05) is 0 Å². The Hall–Kier alpha value is 0. The second kappa shape index (κ2) is 20.3. The first-order chi connectivity index (χ1) is 13.6. The predicted octanol–water partition coefficient (Wildman–Crippen LogP) is 10.9. The highest BCUT2D eigenvalue weighted by molar-refractivity contribution is 4.79. The van der Waals surface area contributed by atoms with Gasteiger partial charge in [-0.3, -0.25) is 0 Å². The van der Waals surface area contributed by atoms with Gasteiger partial charge in [0.25, 0.3) is 0 Å². The van der Waals surface area contributed by atoms with Crippen LogP contribution in [0.25, 0.3) is 0 Å². The van der Waals surface area contributed by atoms with E-state index in [1.165, 1.54) is 135 Å². The molecule has 170 valence electrons. The van der Waals surface area contributed by atoms with Crippen molar-refractivity contribution in [2.45, 2.75) is 169 Å². The molecule has 0 rings (SSSR count). The van der Waals surface area contributed by atoms with E-state index in [9.17, 15) is 0 Å². The van der Waals surface area contributed by atoms with E-state index in [2.05, 4.69) is 34.6 Å². The van der Waals surface area contributed by atoms with Gasteiger partial charge in [0.05, 0.1) is 0 Å². The highest BCUT2D eigenvalue weighted by Gasteiger charge is 2.28. The standard InChI is InChI=1S/C28H58/c1-6-9-12-15-16-17-18-19-20-23-26-28(4,5)27(24-21-13-10-7-2)25-22-14-11-8-3/h27H,6-26H2,1-5H3. The zero-order chi connectivity index (χ0) is 20.9. The van der Waals surface area contributed by atoms with Crippen molar-refractivity contribution in [1.82, 2.24) is 0 Å². The maximum absolute atomic E-state index is 2.59. The van der Waals surface area contributed by atoms with Crippen LogP contribution in [0.3, 0.4) is 0 Å². The maximum atomic E-state index is 2.59. The fourth-order valence-corrected chi connectivity index (χ4v) is 4.83. The summed E-state index contributed by atoms with van der Waals surface area (Å²) in [5.41, 5.74) is 0.554. The van der Waals surface area contributed by atoms with Gasteiger partial charge < -0.3 is 0 Å². The third-order valence-corrected chi connectivity index (χ3v) is 7.09. The van der Waals surface area contributed by atoms with Gasteiger partial charge in [-0.15, -0.1) is 0 Å². The quantitative estimate of drug-likeness (QED) is 0.160. The van der Waals surface area contributed by atoms with Crippen LogP contribution in [0.5, 0.6) is 0 Å². The molecule has 0 fully saturated rings. The van der Waals surface area contributed by atoms with E-state index in [4.69, 9.17) is 0 Å². The molecule has 0 radical (unpaired) electrons. The van der Waals surface area contributed by atoms with Gasteiger partial charge in [-0.2, -0.15) is 0 Å². The largest absolute Gasteiger partial charge is 0.0654 e. The summed E-state index contributed by atoms with van der Waals surface area (Å²) in [5.74, 6) is 0.958. The van der Waals surface area contributed by atoms with Gasteiger partial charge in [0.15, 0.2) is 0 Å². The lowest BCUT2D eigenvalue weighted by Crippen LogP contribution is -2.24. The van der Waals surface area contributed by atoms with Crippen molar-refractivity contribution in [3.8, 4) is 0 Å². The summed E-state index contributed by atoms with van der Waals surface area (Å²) in [4.78, 5) is 0. The fourth-order valence-electron chi connectivity index (χ4n) is 4.83. The zero-order valence-corrected chi connectivity index (χ0v) is 20.9. The van der Waals surface area contributed by atoms with E-state index in [0.29, 0.717) is 5.41 Å². The Bertz CT molecular complexity index is 278. The molecule has 0 bridgehead atoms. The lowest BCUT2D eigenvalue weighted by molar-refractivity contribution is 0.158. The molecule has 0 aromatic heterocycles. The van der Waals surface area contributed by atoms with Crippen molar-refractivity contribution < 1.29 is 0 Å². The van der Waals surface area contributed by atoms with Crippen LogP contribution in [0.15, 0.2) is 0 Å². The molecule has 0 N–H and O–H groups in total. The summed E-state index contributed by atoms with van der Waals surface area (Å²) in [7, 11) is 0. The monoisotopic (exact) mass is 394 g/mol. The topological polar surface area (TPSA) is 0 Å². The summed E-state index contributed by atoms with van der Waals surface area (Å²) in [6.45, 7) is 12.1. The van der Waals surface area contributed by atoms with Crippen molar-refractivity contribution in [3.05, 3.63) is 0 Å². The van der Waals surface area contributed by atoms with Crippen LogP contribution in [-0.4, -0.2) is 0 Å². The number of unbranched alkanes of at least 4 members (excludes halogenated alkanes) is 15. The van der Waals surface area contributed by atoms with Crippen molar-refractivity contribution in [3.63, 3.8) is 0 Å². The summed E-state index contributed by atoms with van der Waals surface area (Å²) in [5, 5.41) is 0. The Morgan fingerprint density at radius 1 is 0.429 bits per heavy atom. The zero-order valence-electron chi connectivity index (χ0n) is 20.9. The summed E-state index contributed by atoms with van der Waals surface area (Å²) >= 11 is 0. The summed E-state index contributed by atoms with van der Waals surface area (Å²) in [6.07, 6.45) is 30.4. The molecular formula is C28H58. The third kappa shape index (κ3) is 16.9. The molecule has 0 nitrogen and oxygen atoms in total. The van der Waals surface area contributed by atoms with Crippen molar-refractivity contribution in [2.75, 3.05) is 0 Å². The van der Waals surface area contributed by atoms with Crippen LogP contribution in [-0.2, 0) is 0 Å². The average molecular weight is 395 g/mol. The van der Waals surface area contributed by atoms with Gasteiger partial charge in [0.2, 0.25) is 0 Å². The third-order valence-electron chi connectivity index (χ3n) is 7.09. The van der Waals surface area contributed by atoms with Crippen LogP contribution in [0, 0.1) is 11.3 Å². The minimum atomic E-state index is 0.554. The van der Waals surface area contributed by atoms with Crippen LogP contribution < -0.4 is 0 Å². The first kappa shape index (κ1) is 28.0. The van der Waals surface area contributed by atoms with Gasteiger partial charge in [-0.1, -0.05) is 150 Å². The van der Waals surface area contributed by atoms with E-state index in [-0.39, 0.29) is 0 Å². The van der Waals surface area contributed by atoms with Crippen LogP contribution in [0.1, 0.15) is 169 Å². The molecule has 0 heterocycles. The maximum Gasteiger partial charge on any atom is -0.0326 e. The number of hydrogen-bond donors (Lipinski definition) is 0. The molecule has 28 heavy (non-hydrogen) atoms. The Morgan fingerprint density at radius 2 is 0.750 bits per heavy atom. The number of rotatable bonds is 22. The summed E-state index contributed by atoms with van der Waals surface area (Å²) in [6, 6.07) is 0. The lowest BCUT2D eigenvalue weighted by atomic mass is 9.70. The smallest absolute Gasteiger partial charge is 0.0326 e. The molecule has 0 saturated heterocycles. The second-order valence-electron chi connectivity index (χ2n) is 10.3. The molecule has 0 aliphatic rings. The molecule has 0 spiro atoms. The minimum absolute atomic E-state index is 0.554. The highest BCUT2D eigenvalue weighted by Crippen LogP contribution is 2.39. The average Bonchev–Trinajstić information content (AvgIpc) is 2.68. The molecule has 0 heteroatoms. The van der Waals surface area contributed by atoms with Gasteiger partial charge in [-0.05, 0) is 30.6 Å². The minimum Gasteiger partial charge on any atom is -0.0654 e. The number of hydrogen-bond acceptors (Lipinski definition) is 0. The molecular weight excluding hydrogens is 336 g/mol. The second-order valence-corrected chi connectivity index (χ2v) is 10.3. The molecule has 0 saturated carbocycles. The molecule has 0 aromatic rings. The van der Waals surface area contributed by atoms with Crippen molar-refractivity contribution in [2.24, 2.45) is 11.3 Å². The Labute approximate surface area is 181 Å². The first-order valence-corrected chi connectivity index (χ1v) is 13.6. The van der Waals surface area contributed by atoms with Crippen LogP contribution in [0.4, 0.5) is 0 Å². The van der Waals surface area contributed by atoms with E-state index < -0.39 is 0 Å². The van der Waals surface area contributed by atoms with Crippen LogP contribution in [0.2, 0.25) is 0 Å². The van der Waals surface area contributed by atoms with Crippen LogP contribution >= 0.6 is 0 Å². The highest BCUT2D eigenvalue weighted by atomic mass is 14.3. The van der Waals surface area contributed by atoms with Gasteiger partial charge in [0.1, 0.15) is 0 Å². The first-order valence-electron chi connectivity index (χ1n) is 13.6. The van der Waals surface area contributed by atoms with E-state index in [1.54, 1.807) is 0 Å². The molecule has 0 aromatic carbocycles. The summed E-state index contributed by atoms with van der Waals surface area (Å²) < 4.78 is 0. The molecule has 0 amide bonds. The lowest BCUT2D eigenvalue weighted by Gasteiger charge is -2.35. The van der Waals surface area contributed by atoms with Crippen molar-refractivity contribution >= 4 is 0 Å². The Balaban J connectivity index is 4.02. The Kier molecular flexibility index (Phi) is 20.3. The Morgan fingerprint density at radius 3 is 1.14 bits per heavy atom.